The minimum Gasteiger partial charge on any atom is -0.394 e. The van der Waals surface area contributed by atoms with Gasteiger partial charge in [-0.3, -0.25) is 4.79 Å². The zero-order chi connectivity index (χ0) is 33.1. The Morgan fingerprint density at radius 1 is 0.733 bits per heavy atom. The fourth-order valence-electron chi connectivity index (χ4n) is 5.80. The molecule has 0 radical (unpaired) electrons. The highest BCUT2D eigenvalue weighted by Gasteiger charge is 2.44. The summed E-state index contributed by atoms with van der Waals surface area (Å²) in [6, 6.07) is -0.794. The number of aliphatic hydroxyl groups is 5. The quantitative estimate of drug-likeness (QED) is 0.0441. The highest BCUT2D eigenvalue weighted by molar-refractivity contribution is 5.76. The van der Waals surface area contributed by atoms with Crippen LogP contribution in [-0.4, -0.2) is 87.5 Å². The van der Waals surface area contributed by atoms with Gasteiger partial charge in [-0.25, -0.2) is 0 Å². The summed E-state index contributed by atoms with van der Waals surface area (Å²) in [5.41, 5.74) is 0. The number of hydrogen-bond donors (Lipinski definition) is 6. The van der Waals surface area contributed by atoms with E-state index in [1.807, 2.05) is 6.08 Å². The van der Waals surface area contributed by atoms with E-state index in [2.05, 4.69) is 19.2 Å². The monoisotopic (exact) mass is 644 g/mol. The van der Waals surface area contributed by atoms with E-state index >= 15 is 0 Å². The molecular weight excluding hydrogens is 574 g/mol. The highest BCUT2D eigenvalue weighted by atomic mass is 16.7. The molecule has 1 aliphatic heterocycles. The standard InChI is InChI=1S/C36H69NO8/c1-3-5-7-9-11-12-13-14-15-16-17-18-19-20-22-24-26-32(40)37-29(30(39)25-23-21-10-8-6-4-2)28-44-36-35(43)34(42)33(41)31(27-38)45-36/h23,25,29-31,33-36,38-39,41-43H,3-22,24,26-28H2,1-2H3,(H,37,40)/b25-23+. The molecule has 1 amide bonds. The van der Waals surface area contributed by atoms with Crippen molar-refractivity contribution in [2.75, 3.05) is 13.2 Å². The van der Waals surface area contributed by atoms with E-state index < -0.39 is 49.5 Å². The van der Waals surface area contributed by atoms with Gasteiger partial charge in [-0.1, -0.05) is 142 Å². The van der Waals surface area contributed by atoms with Gasteiger partial charge in [0.25, 0.3) is 0 Å². The molecule has 0 aliphatic carbocycles. The van der Waals surface area contributed by atoms with Crippen molar-refractivity contribution < 1.29 is 39.8 Å². The maximum atomic E-state index is 12.8. The SMILES string of the molecule is CCCCCC/C=C/C(O)C(COC1OC(CO)C(O)C(O)C1O)NC(=O)CCCCCCCCCCCCCCCCCC. The number of amides is 1. The van der Waals surface area contributed by atoms with Crippen molar-refractivity contribution in [3.63, 3.8) is 0 Å². The lowest BCUT2D eigenvalue weighted by atomic mass is 9.99. The number of allylic oxidation sites excluding steroid dienone is 1. The Bertz CT molecular complexity index is 721. The van der Waals surface area contributed by atoms with Crippen LogP contribution >= 0.6 is 0 Å². The molecular formula is C36H69NO8. The summed E-state index contributed by atoms with van der Waals surface area (Å²) in [7, 11) is 0. The average molecular weight is 644 g/mol. The highest BCUT2D eigenvalue weighted by Crippen LogP contribution is 2.22. The number of unbranched alkanes of at least 4 members (excludes halogenated alkanes) is 19. The van der Waals surface area contributed by atoms with Crippen LogP contribution in [0.15, 0.2) is 12.2 Å². The molecule has 266 valence electrons. The third kappa shape index (κ3) is 20.0. The summed E-state index contributed by atoms with van der Waals surface area (Å²) in [6.07, 6.45) is 21.4. The lowest BCUT2D eigenvalue weighted by molar-refractivity contribution is -0.302. The lowest BCUT2D eigenvalue weighted by Crippen LogP contribution is -2.60. The fourth-order valence-corrected chi connectivity index (χ4v) is 5.80. The van der Waals surface area contributed by atoms with Crippen LogP contribution in [0.1, 0.15) is 155 Å². The second-order valence-corrected chi connectivity index (χ2v) is 13.0. The molecule has 9 heteroatoms. The summed E-state index contributed by atoms with van der Waals surface area (Å²) in [5, 5.41) is 53.5. The van der Waals surface area contributed by atoms with Crippen molar-refractivity contribution in [2.45, 2.75) is 198 Å². The topological polar surface area (TPSA) is 149 Å². The third-order valence-electron chi connectivity index (χ3n) is 8.86. The molecule has 45 heavy (non-hydrogen) atoms. The predicted molar refractivity (Wildman–Crippen MR) is 180 cm³/mol. The Hall–Kier alpha value is -1.07. The Labute approximate surface area is 274 Å². The Kier molecular flexibility index (Phi) is 26.1. The molecule has 1 saturated heterocycles. The lowest BCUT2D eigenvalue weighted by Gasteiger charge is -2.40. The van der Waals surface area contributed by atoms with Crippen LogP contribution in [0, 0.1) is 0 Å². The van der Waals surface area contributed by atoms with Crippen molar-refractivity contribution in [1.29, 1.82) is 0 Å². The van der Waals surface area contributed by atoms with Gasteiger partial charge in [0.05, 0.1) is 25.4 Å². The van der Waals surface area contributed by atoms with Gasteiger partial charge in [-0.05, 0) is 19.3 Å². The number of aliphatic hydroxyl groups excluding tert-OH is 5. The first-order valence-corrected chi connectivity index (χ1v) is 18.4. The van der Waals surface area contributed by atoms with Crippen molar-refractivity contribution in [3.8, 4) is 0 Å². The summed E-state index contributed by atoms with van der Waals surface area (Å²) >= 11 is 0. The van der Waals surface area contributed by atoms with E-state index in [1.54, 1.807) is 6.08 Å². The number of rotatable bonds is 29. The van der Waals surface area contributed by atoms with Gasteiger partial charge in [-0.15, -0.1) is 0 Å². The van der Waals surface area contributed by atoms with Crippen LogP contribution in [0.3, 0.4) is 0 Å². The Morgan fingerprint density at radius 3 is 1.73 bits per heavy atom. The van der Waals surface area contributed by atoms with Gasteiger partial charge in [0.2, 0.25) is 5.91 Å². The second-order valence-electron chi connectivity index (χ2n) is 13.0. The van der Waals surface area contributed by atoms with Gasteiger partial charge >= 0.3 is 0 Å². The fraction of sp³-hybridized carbons (Fsp3) is 0.917. The van der Waals surface area contributed by atoms with Crippen LogP contribution in [0.4, 0.5) is 0 Å². The maximum absolute atomic E-state index is 12.8. The van der Waals surface area contributed by atoms with E-state index in [4.69, 9.17) is 9.47 Å². The van der Waals surface area contributed by atoms with Crippen molar-refractivity contribution >= 4 is 5.91 Å². The molecule has 0 bridgehead atoms. The van der Waals surface area contributed by atoms with Crippen molar-refractivity contribution in [2.24, 2.45) is 0 Å². The molecule has 6 N–H and O–H groups in total. The number of carbonyl (C=O) groups is 1. The van der Waals surface area contributed by atoms with Gasteiger partial charge in [0.1, 0.15) is 24.4 Å². The summed E-state index contributed by atoms with van der Waals surface area (Å²) in [5.74, 6) is -0.182. The van der Waals surface area contributed by atoms with Gasteiger partial charge in [0.15, 0.2) is 6.29 Å². The second kappa shape index (κ2) is 28.0. The van der Waals surface area contributed by atoms with Crippen LogP contribution < -0.4 is 5.32 Å². The third-order valence-corrected chi connectivity index (χ3v) is 8.86. The molecule has 0 spiro atoms. The molecule has 0 aromatic heterocycles. The molecule has 0 aromatic rings. The molecule has 0 saturated carbocycles. The molecule has 1 aliphatic rings. The minimum atomic E-state index is -1.56. The first-order valence-electron chi connectivity index (χ1n) is 18.4. The molecule has 1 heterocycles. The van der Waals surface area contributed by atoms with Gasteiger partial charge < -0.3 is 40.3 Å². The Morgan fingerprint density at radius 2 is 1.22 bits per heavy atom. The van der Waals surface area contributed by atoms with Gasteiger partial charge in [-0.2, -0.15) is 0 Å². The Balaban J connectivity index is 2.35. The molecule has 9 nitrogen and oxygen atoms in total. The van der Waals surface area contributed by atoms with E-state index in [0.29, 0.717) is 6.42 Å². The van der Waals surface area contributed by atoms with E-state index in [9.17, 15) is 30.3 Å². The average Bonchev–Trinajstić information content (AvgIpc) is 3.04. The van der Waals surface area contributed by atoms with E-state index in [-0.39, 0.29) is 12.5 Å². The minimum absolute atomic E-state index is 0.182. The number of nitrogens with one attached hydrogen (secondary N) is 1. The largest absolute Gasteiger partial charge is 0.394 e. The summed E-state index contributed by atoms with van der Waals surface area (Å²) < 4.78 is 11.1. The zero-order valence-corrected chi connectivity index (χ0v) is 28.6. The maximum Gasteiger partial charge on any atom is 0.220 e. The number of hydrogen-bond acceptors (Lipinski definition) is 8. The van der Waals surface area contributed by atoms with Crippen LogP contribution in [0.5, 0.6) is 0 Å². The normalized spacial score (nSPS) is 23.4. The first-order chi connectivity index (χ1) is 21.8. The number of carbonyl (C=O) groups excluding carboxylic acids is 1. The molecule has 0 aromatic carbocycles. The smallest absolute Gasteiger partial charge is 0.220 e. The molecule has 1 rings (SSSR count). The number of ether oxygens (including phenoxy) is 2. The van der Waals surface area contributed by atoms with Crippen molar-refractivity contribution in [3.05, 3.63) is 12.2 Å². The van der Waals surface area contributed by atoms with E-state index in [1.165, 1.54) is 89.9 Å². The first kappa shape index (κ1) is 42.0. The molecule has 1 fully saturated rings. The van der Waals surface area contributed by atoms with Crippen LogP contribution in [-0.2, 0) is 14.3 Å². The van der Waals surface area contributed by atoms with Gasteiger partial charge in [0, 0.05) is 6.42 Å². The zero-order valence-electron chi connectivity index (χ0n) is 28.6. The van der Waals surface area contributed by atoms with Crippen LogP contribution in [0.2, 0.25) is 0 Å². The van der Waals surface area contributed by atoms with E-state index in [0.717, 1.165) is 44.9 Å². The van der Waals surface area contributed by atoms with Crippen LogP contribution in [0.25, 0.3) is 0 Å². The predicted octanol–water partition coefficient (Wildman–Crippen LogP) is 5.83. The summed E-state index contributed by atoms with van der Waals surface area (Å²) in [6.45, 7) is 3.67. The van der Waals surface area contributed by atoms with Crippen molar-refractivity contribution in [1.82, 2.24) is 5.32 Å². The molecule has 7 unspecified atom stereocenters. The molecule has 7 atom stereocenters. The summed E-state index contributed by atoms with van der Waals surface area (Å²) in [4.78, 5) is 12.8.